The van der Waals surface area contributed by atoms with Gasteiger partial charge in [-0.25, -0.2) is 0 Å². The molecule has 0 saturated carbocycles. The summed E-state index contributed by atoms with van der Waals surface area (Å²) in [5.41, 5.74) is 4.92. The third-order valence-electron chi connectivity index (χ3n) is 5.00. The molecule has 0 radical (unpaired) electrons. The van der Waals surface area contributed by atoms with Crippen molar-refractivity contribution in [3.8, 4) is 5.69 Å². The maximum atomic E-state index is 11.5. The van der Waals surface area contributed by atoms with Crippen LogP contribution in [0.4, 0.5) is 5.69 Å². The summed E-state index contributed by atoms with van der Waals surface area (Å²) in [6.07, 6.45) is 2.35. The van der Waals surface area contributed by atoms with E-state index in [1.165, 1.54) is 6.07 Å². The predicted molar refractivity (Wildman–Crippen MR) is 112 cm³/mol. The van der Waals surface area contributed by atoms with Gasteiger partial charge in [-0.2, -0.15) is 0 Å². The zero-order valence-corrected chi connectivity index (χ0v) is 15.4. The number of nitrogens with one attached hydrogen (secondary N) is 1. The van der Waals surface area contributed by atoms with Crippen LogP contribution in [0.2, 0.25) is 0 Å². The fraction of sp³-hybridized carbons (Fsp3) is 0.0870. The highest BCUT2D eigenvalue weighted by molar-refractivity contribution is 6.10. The first-order valence-electron chi connectivity index (χ1n) is 9.02. The number of aryl methyl sites for hydroxylation is 1. The number of para-hydroxylation sites is 3. The average molecular weight is 369 g/mol. The summed E-state index contributed by atoms with van der Waals surface area (Å²) in [5.74, 6) is 0. The van der Waals surface area contributed by atoms with Gasteiger partial charge in [-0.3, -0.25) is 10.1 Å². The SMILES string of the molecule is Cc1ccccc1CC(=N)c1cn(-c2ccccc2[N+](=O)[O-])c2ccccc12. The topological polar surface area (TPSA) is 71.9 Å². The summed E-state index contributed by atoms with van der Waals surface area (Å²) >= 11 is 0. The number of aromatic nitrogens is 1. The number of nitro groups is 1. The highest BCUT2D eigenvalue weighted by atomic mass is 16.6. The molecule has 5 heteroatoms. The van der Waals surface area contributed by atoms with E-state index in [9.17, 15) is 10.1 Å². The molecule has 4 aromatic rings. The Kier molecular flexibility index (Phi) is 4.49. The second kappa shape index (κ2) is 7.12. The monoisotopic (exact) mass is 369 g/mol. The number of rotatable bonds is 5. The molecule has 0 aliphatic carbocycles. The molecular weight excluding hydrogens is 350 g/mol. The van der Waals surface area contributed by atoms with Gasteiger partial charge in [-0.05, 0) is 30.2 Å². The summed E-state index contributed by atoms with van der Waals surface area (Å²) in [4.78, 5) is 11.1. The number of nitrogens with zero attached hydrogens (tertiary/aromatic N) is 2. The first kappa shape index (κ1) is 17.7. The molecule has 5 nitrogen and oxygen atoms in total. The van der Waals surface area contributed by atoms with Crippen molar-refractivity contribution in [1.82, 2.24) is 4.57 Å². The van der Waals surface area contributed by atoms with E-state index in [-0.39, 0.29) is 10.6 Å². The molecule has 0 saturated heterocycles. The summed E-state index contributed by atoms with van der Waals surface area (Å²) in [6, 6.07) is 22.4. The number of hydrogen-bond acceptors (Lipinski definition) is 3. The van der Waals surface area contributed by atoms with Crippen molar-refractivity contribution in [3.63, 3.8) is 0 Å². The van der Waals surface area contributed by atoms with E-state index in [1.54, 1.807) is 18.2 Å². The molecule has 1 N–H and O–H groups in total. The van der Waals surface area contributed by atoms with E-state index >= 15 is 0 Å². The lowest BCUT2D eigenvalue weighted by Gasteiger charge is -2.06. The van der Waals surface area contributed by atoms with Crippen LogP contribution < -0.4 is 0 Å². The molecule has 0 aliphatic heterocycles. The first-order chi connectivity index (χ1) is 13.6. The van der Waals surface area contributed by atoms with Crippen LogP contribution in [-0.2, 0) is 6.42 Å². The minimum absolute atomic E-state index is 0.0419. The molecule has 4 rings (SSSR count). The summed E-state index contributed by atoms with van der Waals surface area (Å²) in [5, 5.41) is 21.1. The van der Waals surface area contributed by atoms with Crippen molar-refractivity contribution in [2.75, 3.05) is 0 Å². The lowest BCUT2D eigenvalue weighted by molar-refractivity contribution is -0.384. The van der Waals surface area contributed by atoms with E-state index in [1.807, 2.05) is 66.2 Å². The lowest BCUT2D eigenvalue weighted by Crippen LogP contribution is -2.04. The van der Waals surface area contributed by atoms with Crippen LogP contribution in [-0.4, -0.2) is 15.2 Å². The highest BCUT2D eigenvalue weighted by Gasteiger charge is 2.19. The zero-order chi connectivity index (χ0) is 19.7. The van der Waals surface area contributed by atoms with Crippen LogP contribution in [0.3, 0.4) is 0 Å². The van der Waals surface area contributed by atoms with Gasteiger partial charge in [0.05, 0.1) is 10.4 Å². The number of benzene rings is 3. The van der Waals surface area contributed by atoms with Gasteiger partial charge in [-0.1, -0.05) is 54.6 Å². The third kappa shape index (κ3) is 3.07. The van der Waals surface area contributed by atoms with Gasteiger partial charge in [0, 0.05) is 35.3 Å². The normalized spacial score (nSPS) is 10.9. The summed E-state index contributed by atoms with van der Waals surface area (Å²) in [6.45, 7) is 2.04. The molecule has 0 fully saturated rings. The zero-order valence-electron chi connectivity index (χ0n) is 15.4. The Balaban J connectivity index is 1.85. The second-order valence-corrected chi connectivity index (χ2v) is 6.76. The fourth-order valence-electron chi connectivity index (χ4n) is 3.54. The van der Waals surface area contributed by atoms with E-state index in [0.717, 1.165) is 27.6 Å². The van der Waals surface area contributed by atoms with Gasteiger partial charge in [0.1, 0.15) is 5.69 Å². The maximum Gasteiger partial charge on any atom is 0.293 e. The van der Waals surface area contributed by atoms with E-state index in [0.29, 0.717) is 17.8 Å². The number of fused-ring (bicyclic) bond motifs is 1. The standard InChI is InChI=1S/C23H19N3O2/c1-16-8-2-3-9-17(16)14-20(24)19-15-25(21-11-5-4-10-18(19)21)22-12-6-7-13-23(22)26(27)28/h2-13,15,24H,14H2,1H3. The Hall–Kier alpha value is -3.73. The molecule has 0 spiro atoms. The molecule has 3 aromatic carbocycles. The third-order valence-corrected chi connectivity index (χ3v) is 5.00. The average Bonchev–Trinajstić information content (AvgIpc) is 3.09. The Morgan fingerprint density at radius 3 is 2.46 bits per heavy atom. The maximum absolute atomic E-state index is 11.5. The smallest absolute Gasteiger partial charge is 0.293 e. The van der Waals surface area contributed by atoms with Crippen molar-refractivity contribution in [2.45, 2.75) is 13.3 Å². The fourth-order valence-corrected chi connectivity index (χ4v) is 3.54. The molecule has 0 aliphatic rings. The molecule has 0 unspecified atom stereocenters. The molecule has 0 atom stereocenters. The van der Waals surface area contributed by atoms with Gasteiger partial charge in [0.2, 0.25) is 0 Å². The minimum atomic E-state index is -0.373. The Morgan fingerprint density at radius 1 is 1.00 bits per heavy atom. The lowest BCUT2D eigenvalue weighted by atomic mass is 9.99. The summed E-state index contributed by atoms with van der Waals surface area (Å²) < 4.78 is 1.81. The molecule has 0 bridgehead atoms. The van der Waals surface area contributed by atoms with Gasteiger partial charge >= 0.3 is 0 Å². The Morgan fingerprint density at radius 2 is 1.68 bits per heavy atom. The molecule has 28 heavy (non-hydrogen) atoms. The minimum Gasteiger partial charge on any atom is -0.310 e. The van der Waals surface area contributed by atoms with Crippen LogP contribution in [0.1, 0.15) is 16.7 Å². The highest BCUT2D eigenvalue weighted by Crippen LogP contribution is 2.30. The van der Waals surface area contributed by atoms with Crippen LogP contribution >= 0.6 is 0 Å². The molecule has 0 amide bonds. The van der Waals surface area contributed by atoms with Crippen LogP contribution in [0, 0.1) is 22.4 Å². The van der Waals surface area contributed by atoms with Crippen LogP contribution in [0.25, 0.3) is 16.6 Å². The predicted octanol–water partition coefficient (Wildman–Crippen LogP) is 5.46. The van der Waals surface area contributed by atoms with E-state index in [4.69, 9.17) is 5.41 Å². The van der Waals surface area contributed by atoms with Crippen LogP contribution in [0.15, 0.2) is 79.0 Å². The van der Waals surface area contributed by atoms with Crippen molar-refractivity contribution in [3.05, 3.63) is 106 Å². The van der Waals surface area contributed by atoms with Gasteiger partial charge < -0.3 is 9.98 Å². The van der Waals surface area contributed by atoms with Crippen molar-refractivity contribution in [2.24, 2.45) is 0 Å². The number of hydrogen-bond donors (Lipinski definition) is 1. The Labute approximate surface area is 162 Å². The largest absolute Gasteiger partial charge is 0.310 e. The molecule has 1 aromatic heterocycles. The van der Waals surface area contributed by atoms with Crippen molar-refractivity contribution >= 4 is 22.3 Å². The van der Waals surface area contributed by atoms with Gasteiger partial charge in [-0.15, -0.1) is 0 Å². The molecule has 1 heterocycles. The van der Waals surface area contributed by atoms with Gasteiger partial charge in [0.15, 0.2) is 0 Å². The molecular formula is C23H19N3O2. The first-order valence-corrected chi connectivity index (χ1v) is 9.02. The quantitative estimate of drug-likeness (QED) is 0.288. The van der Waals surface area contributed by atoms with Gasteiger partial charge in [0.25, 0.3) is 5.69 Å². The molecule has 138 valence electrons. The second-order valence-electron chi connectivity index (χ2n) is 6.76. The van der Waals surface area contributed by atoms with E-state index < -0.39 is 0 Å². The summed E-state index contributed by atoms with van der Waals surface area (Å²) in [7, 11) is 0. The van der Waals surface area contributed by atoms with Crippen molar-refractivity contribution in [1.29, 1.82) is 5.41 Å². The number of nitro benzene ring substituents is 1. The van der Waals surface area contributed by atoms with E-state index in [2.05, 4.69) is 0 Å². The van der Waals surface area contributed by atoms with Crippen molar-refractivity contribution < 1.29 is 4.92 Å². The van der Waals surface area contributed by atoms with Crippen LogP contribution in [0.5, 0.6) is 0 Å². The Bertz CT molecular complexity index is 1210.